The number of carbonyl (C=O) groups is 1. The van der Waals surface area contributed by atoms with Gasteiger partial charge in [0.1, 0.15) is 12.2 Å². The van der Waals surface area contributed by atoms with Gasteiger partial charge in [-0.2, -0.15) is 4.98 Å². The number of aliphatic hydroxyl groups excluding tert-OH is 1. The number of nitrogens with two attached hydrogens (primary N) is 1. The molecule has 0 saturated carbocycles. The van der Waals surface area contributed by atoms with Crippen molar-refractivity contribution in [2.75, 3.05) is 37.9 Å². The average Bonchev–Trinajstić information content (AvgIpc) is 3.42. The zero-order valence-electron chi connectivity index (χ0n) is 21.1. The predicted molar refractivity (Wildman–Crippen MR) is 139 cm³/mol. The smallest absolute Gasteiger partial charge is 0.280 e. The van der Waals surface area contributed by atoms with Crippen LogP contribution in [0.15, 0.2) is 22.2 Å². The quantitative estimate of drug-likeness (QED) is 0.156. The number of carbonyl (C=O) groups excluding carboxylic acids is 1. The number of ether oxygens (including phenoxy) is 2. The van der Waals surface area contributed by atoms with Crippen molar-refractivity contribution >= 4 is 41.0 Å². The van der Waals surface area contributed by atoms with Gasteiger partial charge in [0.2, 0.25) is 11.9 Å². The Hall–Kier alpha value is -3.27. The van der Waals surface area contributed by atoms with Crippen molar-refractivity contribution in [2.24, 2.45) is 0 Å². The number of H-pyrrole nitrogens is 1. The summed E-state index contributed by atoms with van der Waals surface area (Å²) in [4.78, 5) is 35.3. The summed E-state index contributed by atoms with van der Waals surface area (Å²) in [6.07, 6.45) is 5.48. The minimum atomic E-state index is -0.458. The normalized spacial score (nSPS) is 12.1. The lowest BCUT2D eigenvalue weighted by molar-refractivity contribution is -0.121. The van der Waals surface area contributed by atoms with Crippen LogP contribution in [0.5, 0.6) is 0 Å². The predicted octanol–water partition coefficient (Wildman–Crippen LogP) is 0.387. The number of aliphatic hydroxyl groups is 1. The Morgan fingerprint density at radius 3 is 2.95 bits per heavy atom. The van der Waals surface area contributed by atoms with E-state index in [-0.39, 0.29) is 41.8 Å². The molecule has 0 unspecified atom stereocenters. The molecule has 0 radical (unpaired) electrons. The van der Waals surface area contributed by atoms with Gasteiger partial charge in [0, 0.05) is 31.7 Å². The number of amides is 1. The third kappa shape index (κ3) is 8.38. The number of thioether (sulfide) groups is 1. The zero-order valence-corrected chi connectivity index (χ0v) is 22.0. The van der Waals surface area contributed by atoms with Gasteiger partial charge in [-0.05, 0) is 33.3 Å². The fourth-order valence-corrected chi connectivity index (χ4v) is 4.17. The topological polar surface area (TPSA) is 188 Å². The summed E-state index contributed by atoms with van der Waals surface area (Å²) >= 11 is 1.32. The Kier molecular flexibility index (Phi) is 10.2. The standard InChI is InChI=1S/C22H33N9O5S/c1-4-36-22(2,3)6-10-35-14-15-12-30(29-28-15)13-16(33)24-7-11-37-21-25-17-18(31(21)8-5-9-32)26-20(23)27-19(17)34/h5,8,12,32H,4,6-7,9-11,13-14H2,1-3H3,(H,24,33)(H3,23,26,27,34). The van der Waals surface area contributed by atoms with Crippen molar-refractivity contribution < 1.29 is 19.4 Å². The molecule has 15 heteroatoms. The first-order valence-corrected chi connectivity index (χ1v) is 12.8. The van der Waals surface area contributed by atoms with Crippen molar-refractivity contribution in [2.45, 2.75) is 51.1 Å². The first-order valence-electron chi connectivity index (χ1n) is 11.8. The molecule has 0 bridgehead atoms. The molecule has 0 aliphatic heterocycles. The highest BCUT2D eigenvalue weighted by Crippen LogP contribution is 2.21. The van der Waals surface area contributed by atoms with Crippen molar-refractivity contribution in [3.63, 3.8) is 0 Å². The maximum atomic E-state index is 12.3. The molecular weight excluding hydrogens is 502 g/mol. The monoisotopic (exact) mass is 535 g/mol. The summed E-state index contributed by atoms with van der Waals surface area (Å²) in [5.74, 6) is 0.216. The second-order valence-corrected chi connectivity index (χ2v) is 9.62. The van der Waals surface area contributed by atoms with E-state index in [2.05, 4.69) is 30.6 Å². The molecule has 3 aromatic rings. The van der Waals surface area contributed by atoms with Crippen LogP contribution in [0.4, 0.5) is 5.95 Å². The van der Waals surface area contributed by atoms with E-state index in [0.717, 1.165) is 6.42 Å². The van der Waals surface area contributed by atoms with Crippen LogP contribution in [0.3, 0.4) is 0 Å². The second-order valence-electron chi connectivity index (χ2n) is 8.56. The van der Waals surface area contributed by atoms with Crippen molar-refractivity contribution in [1.29, 1.82) is 0 Å². The largest absolute Gasteiger partial charge is 0.392 e. The molecule has 3 heterocycles. The SMILES string of the molecule is CCOC(C)(C)CCOCc1cn(CC(=O)NCCSc2nc3c(=O)[nH]c(N)nc3n2C=CCO)nn1. The molecule has 0 aromatic carbocycles. The summed E-state index contributed by atoms with van der Waals surface area (Å²) in [7, 11) is 0. The van der Waals surface area contributed by atoms with Crippen LogP contribution in [-0.4, -0.2) is 83.2 Å². The molecule has 37 heavy (non-hydrogen) atoms. The highest BCUT2D eigenvalue weighted by molar-refractivity contribution is 7.99. The highest BCUT2D eigenvalue weighted by atomic mass is 32.2. The fourth-order valence-electron chi connectivity index (χ4n) is 3.34. The number of hydrogen-bond donors (Lipinski definition) is 4. The van der Waals surface area contributed by atoms with Gasteiger partial charge in [0.05, 0.1) is 25.0 Å². The molecule has 0 atom stereocenters. The minimum Gasteiger partial charge on any atom is -0.392 e. The molecule has 0 spiro atoms. The van der Waals surface area contributed by atoms with E-state index in [4.69, 9.17) is 20.3 Å². The lowest BCUT2D eigenvalue weighted by Crippen LogP contribution is -2.29. The Bertz CT molecular complexity index is 1270. The van der Waals surface area contributed by atoms with Crippen molar-refractivity contribution in [1.82, 2.24) is 39.8 Å². The van der Waals surface area contributed by atoms with Crippen molar-refractivity contribution in [3.05, 3.63) is 28.3 Å². The molecule has 1 amide bonds. The summed E-state index contributed by atoms with van der Waals surface area (Å²) in [6.45, 7) is 7.66. The van der Waals surface area contributed by atoms with Gasteiger partial charge in [-0.3, -0.25) is 19.1 Å². The molecule has 3 aromatic heterocycles. The Balaban J connectivity index is 1.45. The molecule has 3 rings (SSSR count). The lowest BCUT2D eigenvalue weighted by Gasteiger charge is -2.24. The first-order chi connectivity index (χ1) is 17.7. The highest BCUT2D eigenvalue weighted by Gasteiger charge is 2.17. The van der Waals surface area contributed by atoms with Crippen LogP contribution in [0.25, 0.3) is 17.4 Å². The molecule has 0 aliphatic rings. The van der Waals surface area contributed by atoms with E-state index in [0.29, 0.717) is 43.0 Å². The summed E-state index contributed by atoms with van der Waals surface area (Å²) in [5, 5.41) is 20.4. The van der Waals surface area contributed by atoms with E-state index in [1.165, 1.54) is 22.5 Å². The van der Waals surface area contributed by atoms with Gasteiger partial charge in [0.25, 0.3) is 5.56 Å². The van der Waals surface area contributed by atoms with Gasteiger partial charge >= 0.3 is 0 Å². The third-order valence-electron chi connectivity index (χ3n) is 5.08. The van der Waals surface area contributed by atoms with E-state index in [9.17, 15) is 9.59 Å². The van der Waals surface area contributed by atoms with Gasteiger partial charge in [-0.25, -0.2) is 9.67 Å². The number of rotatable bonds is 15. The van der Waals surface area contributed by atoms with E-state index >= 15 is 0 Å². The maximum absolute atomic E-state index is 12.3. The number of aromatic amines is 1. The van der Waals surface area contributed by atoms with Crippen LogP contribution in [0.2, 0.25) is 0 Å². The summed E-state index contributed by atoms with van der Waals surface area (Å²) in [5.41, 5.74) is 6.00. The molecule has 0 fully saturated rings. The number of nitrogens with one attached hydrogen (secondary N) is 2. The zero-order chi connectivity index (χ0) is 26.8. The molecule has 14 nitrogen and oxygen atoms in total. The third-order valence-corrected chi connectivity index (χ3v) is 6.03. The molecule has 0 aliphatic carbocycles. The first kappa shape index (κ1) is 28.3. The van der Waals surface area contributed by atoms with E-state index in [1.54, 1.807) is 17.0 Å². The fraction of sp³-hybridized carbons (Fsp3) is 0.545. The second kappa shape index (κ2) is 13.3. The van der Waals surface area contributed by atoms with Gasteiger partial charge in [-0.15, -0.1) is 5.10 Å². The Morgan fingerprint density at radius 2 is 2.19 bits per heavy atom. The molecule has 5 N–H and O–H groups in total. The lowest BCUT2D eigenvalue weighted by atomic mass is 10.1. The number of hydrogen-bond acceptors (Lipinski definition) is 11. The summed E-state index contributed by atoms with van der Waals surface area (Å²) in [6, 6.07) is 0. The maximum Gasteiger partial charge on any atom is 0.280 e. The van der Waals surface area contributed by atoms with Gasteiger partial charge in [-0.1, -0.05) is 17.0 Å². The van der Waals surface area contributed by atoms with Crippen LogP contribution in [0.1, 0.15) is 32.9 Å². The number of nitrogens with zero attached hydrogens (tertiary/aromatic N) is 6. The summed E-state index contributed by atoms with van der Waals surface area (Å²) < 4.78 is 14.3. The Morgan fingerprint density at radius 1 is 1.38 bits per heavy atom. The van der Waals surface area contributed by atoms with Crippen molar-refractivity contribution in [3.8, 4) is 0 Å². The number of anilines is 1. The van der Waals surface area contributed by atoms with Gasteiger partial charge in [0.15, 0.2) is 16.3 Å². The van der Waals surface area contributed by atoms with Crippen LogP contribution >= 0.6 is 11.8 Å². The van der Waals surface area contributed by atoms with E-state index in [1.807, 2.05) is 20.8 Å². The molecule has 202 valence electrons. The van der Waals surface area contributed by atoms with Crippen LogP contribution in [0, 0.1) is 0 Å². The number of aromatic nitrogens is 7. The van der Waals surface area contributed by atoms with Crippen LogP contribution < -0.4 is 16.6 Å². The molecule has 0 saturated heterocycles. The average molecular weight is 536 g/mol. The van der Waals surface area contributed by atoms with E-state index < -0.39 is 5.56 Å². The Labute approximate surface area is 217 Å². The van der Waals surface area contributed by atoms with Crippen LogP contribution in [-0.2, 0) is 27.4 Å². The number of fused-ring (bicyclic) bond motifs is 1. The van der Waals surface area contributed by atoms with Gasteiger partial charge < -0.3 is 25.6 Å². The minimum absolute atomic E-state index is 0.0192. The number of imidazole rings is 1. The number of nitrogen functional groups attached to an aromatic ring is 1. The molecular formula is C22H33N9O5S.